The molecule has 1 atom stereocenters. The van der Waals surface area contributed by atoms with Gasteiger partial charge in [0.2, 0.25) is 0 Å². The lowest BCUT2D eigenvalue weighted by Crippen LogP contribution is -2.41. The second-order valence-corrected chi connectivity index (χ2v) is 5.06. The van der Waals surface area contributed by atoms with Crippen LogP contribution in [0.25, 0.3) is 6.08 Å². The molecule has 1 unspecified atom stereocenters. The molecule has 1 aromatic rings. The number of rotatable bonds is 6. The van der Waals surface area contributed by atoms with Crippen molar-refractivity contribution >= 4 is 23.8 Å². The molecule has 1 rings (SSSR count). The van der Waals surface area contributed by atoms with E-state index in [1.165, 1.54) is 6.08 Å². The lowest BCUT2D eigenvalue weighted by molar-refractivity contribution is -0.131. The van der Waals surface area contributed by atoms with Gasteiger partial charge in [-0.2, -0.15) is 0 Å². The molecule has 3 N–H and O–H groups in total. The van der Waals surface area contributed by atoms with Crippen LogP contribution < -0.4 is 10.6 Å². The van der Waals surface area contributed by atoms with Crippen molar-refractivity contribution in [3.63, 3.8) is 0 Å². The Morgan fingerprint density at radius 1 is 1.29 bits per heavy atom. The van der Waals surface area contributed by atoms with E-state index in [4.69, 9.17) is 5.11 Å². The summed E-state index contributed by atoms with van der Waals surface area (Å²) in [6.07, 6.45) is 2.56. The highest BCUT2D eigenvalue weighted by molar-refractivity contribution is 5.89. The van der Waals surface area contributed by atoms with Gasteiger partial charge in [0.15, 0.2) is 0 Å². The number of nitrogens with one attached hydrogen (secondary N) is 2. The van der Waals surface area contributed by atoms with Gasteiger partial charge >= 0.3 is 12.0 Å². The molecule has 1 aromatic carbocycles. The van der Waals surface area contributed by atoms with Gasteiger partial charge < -0.3 is 20.6 Å². The fourth-order valence-electron chi connectivity index (χ4n) is 1.83. The molecule has 6 heteroatoms. The van der Waals surface area contributed by atoms with Crippen LogP contribution in [0.2, 0.25) is 0 Å². The van der Waals surface area contributed by atoms with Crippen LogP contribution in [0.3, 0.4) is 0 Å². The molecule has 2 amide bonds. The summed E-state index contributed by atoms with van der Waals surface area (Å²) in [6.45, 7) is 2.69. The third-order valence-electron chi connectivity index (χ3n) is 2.60. The predicted octanol–water partition coefficient (Wildman–Crippen LogP) is 1.86. The van der Waals surface area contributed by atoms with Crippen LogP contribution in [0, 0.1) is 0 Å². The van der Waals surface area contributed by atoms with E-state index in [2.05, 4.69) is 10.6 Å². The van der Waals surface area contributed by atoms with Gasteiger partial charge in [-0.1, -0.05) is 12.1 Å². The van der Waals surface area contributed by atoms with E-state index in [0.717, 1.165) is 18.2 Å². The largest absolute Gasteiger partial charge is 0.478 e. The Morgan fingerprint density at radius 2 is 1.90 bits per heavy atom. The monoisotopic (exact) mass is 291 g/mol. The van der Waals surface area contributed by atoms with E-state index in [1.807, 2.05) is 25.9 Å². The minimum absolute atomic E-state index is 0.0396. The van der Waals surface area contributed by atoms with E-state index in [9.17, 15) is 9.59 Å². The van der Waals surface area contributed by atoms with Gasteiger partial charge in [-0.05, 0) is 44.8 Å². The molecule has 0 aliphatic rings. The highest BCUT2D eigenvalue weighted by Gasteiger charge is 2.07. The minimum Gasteiger partial charge on any atom is -0.478 e. The molecular formula is C15H21N3O3. The van der Waals surface area contributed by atoms with Crippen LogP contribution in [-0.4, -0.2) is 48.7 Å². The average Bonchev–Trinajstić information content (AvgIpc) is 2.36. The van der Waals surface area contributed by atoms with Crippen LogP contribution in [0.15, 0.2) is 30.3 Å². The summed E-state index contributed by atoms with van der Waals surface area (Å²) in [6, 6.07) is 6.68. The summed E-state index contributed by atoms with van der Waals surface area (Å²) in [7, 11) is 3.89. The number of carboxylic acids is 1. The Hall–Kier alpha value is -2.34. The van der Waals surface area contributed by atoms with Crippen molar-refractivity contribution in [3.8, 4) is 0 Å². The van der Waals surface area contributed by atoms with Crippen molar-refractivity contribution in [3.05, 3.63) is 35.9 Å². The number of aliphatic carboxylic acids is 1. The predicted molar refractivity (Wildman–Crippen MR) is 83.3 cm³/mol. The number of amides is 2. The normalized spacial score (nSPS) is 12.4. The summed E-state index contributed by atoms with van der Waals surface area (Å²) < 4.78 is 0. The summed E-state index contributed by atoms with van der Waals surface area (Å²) >= 11 is 0. The lowest BCUT2D eigenvalue weighted by Gasteiger charge is -2.18. The number of hydrogen-bond donors (Lipinski definition) is 3. The van der Waals surface area contributed by atoms with Gasteiger partial charge in [-0.25, -0.2) is 9.59 Å². The maximum atomic E-state index is 11.8. The summed E-state index contributed by atoms with van der Waals surface area (Å²) in [4.78, 5) is 24.2. The van der Waals surface area contributed by atoms with Crippen LogP contribution in [0.1, 0.15) is 12.5 Å². The Labute approximate surface area is 124 Å². The van der Waals surface area contributed by atoms with Gasteiger partial charge in [0.05, 0.1) is 0 Å². The van der Waals surface area contributed by atoms with E-state index in [-0.39, 0.29) is 12.1 Å². The van der Waals surface area contributed by atoms with Crippen molar-refractivity contribution in [1.82, 2.24) is 10.2 Å². The van der Waals surface area contributed by atoms with Crippen LogP contribution in [0.5, 0.6) is 0 Å². The Bertz CT molecular complexity index is 509. The molecule has 0 radical (unpaired) electrons. The summed E-state index contributed by atoms with van der Waals surface area (Å²) in [5.41, 5.74) is 1.40. The van der Waals surface area contributed by atoms with E-state index < -0.39 is 5.97 Å². The number of carboxylic acid groups (broad SMARTS) is 1. The topological polar surface area (TPSA) is 81.7 Å². The molecule has 0 spiro atoms. The molecular weight excluding hydrogens is 270 g/mol. The number of hydrogen-bond acceptors (Lipinski definition) is 3. The molecule has 0 heterocycles. The maximum Gasteiger partial charge on any atom is 0.328 e. The zero-order chi connectivity index (χ0) is 15.8. The SMILES string of the molecule is CC(CN(C)C)NC(=O)Nc1ccc(/C=C/C(=O)O)cc1. The van der Waals surface area contributed by atoms with Crippen LogP contribution >= 0.6 is 0 Å². The minimum atomic E-state index is -0.994. The van der Waals surface area contributed by atoms with Crippen molar-refractivity contribution in [2.45, 2.75) is 13.0 Å². The Kier molecular flexibility index (Phi) is 6.42. The number of carbonyl (C=O) groups is 2. The zero-order valence-corrected chi connectivity index (χ0v) is 12.5. The van der Waals surface area contributed by atoms with Gasteiger partial charge in [0.1, 0.15) is 0 Å². The Balaban J connectivity index is 2.51. The first-order valence-electron chi connectivity index (χ1n) is 6.60. The summed E-state index contributed by atoms with van der Waals surface area (Å²) in [5, 5.41) is 14.1. The van der Waals surface area contributed by atoms with E-state index in [0.29, 0.717) is 5.69 Å². The molecule has 0 aliphatic heterocycles. The van der Waals surface area contributed by atoms with Crippen molar-refractivity contribution in [2.75, 3.05) is 26.0 Å². The smallest absolute Gasteiger partial charge is 0.328 e. The van der Waals surface area contributed by atoms with Crippen molar-refractivity contribution in [1.29, 1.82) is 0 Å². The number of benzene rings is 1. The number of anilines is 1. The number of nitrogens with zero attached hydrogens (tertiary/aromatic N) is 1. The van der Waals surface area contributed by atoms with Gasteiger partial charge in [-0.15, -0.1) is 0 Å². The zero-order valence-electron chi connectivity index (χ0n) is 12.5. The second kappa shape index (κ2) is 8.06. The Morgan fingerprint density at radius 3 is 2.43 bits per heavy atom. The molecule has 0 fully saturated rings. The average molecular weight is 291 g/mol. The molecule has 0 aromatic heterocycles. The fourth-order valence-corrected chi connectivity index (χ4v) is 1.83. The van der Waals surface area contributed by atoms with Crippen molar-refractivity contribution < 1.29 is 14.7 Å². The molecule has 0 bridgehead atoms. The fraction of sp³-hybridized carbons (Fsp3) is 0.333. The van der Waals surface area contributed by atoms with Gasteiger partial charge in [-0.3, -0.25) is 0 Å². The lowest BCUT2D eigenvalue weighted by atomic mass is 10.2. The first-order chi connectivity index (χ1) is 9.86. The van der Waals surface area contributed by atoms with Gasteiger partial charge in [0.25, 0.3) is 0 Å². The molecule has 0 aliphatic carbocycles. The molecule has 6 nitrogen and oxygen atoms in total. The van der Waals surface area contributed by atoms with Gasteiger partial charge in [0, 0.05) is 24.4 Å². The molecule has 0 saturated carbocycles. The standard InChI is InChI=1S/C15H21N3O3/c1-11(10-18(2)3)16-15(21)17-13-7-4-12(5-8-13)6-9-14(19)20/h4-9,11H,10H2,1-3H3,(H,19,20)(H2,16,17,21)/b9-6+. The third kappa shape index (κ3) is 7.12. The molecule has 114 valence electrons. The van der Waals surface area contributed by atoms with Crippen LogP contribution in [0.4, 0.5) is 10.5 Å². The van der Waals surface area contributed by atoms with Crippen LogP contribution in [-0.2, 0) is 4.79 Å². The second-order valence-electron chi connectivity index (χ2n) is 5.06. The van der Waals surface area contributed by atoms with E-state index >= 15 is 0 Å². The molecule has 0 saturated heterocycles. The number of likely N-dealkylation sites (N-methyl/N-ethyl adjacent to an activating group) is 1. The number of carbonyl (C=O) groups excluding carboxylic acids is 1. The number of urea groups is 1. The molecule has 21 heavy (non-hydrogen) atoms. The van der Waals surface area contributed by atoms with Crippen molar-refractivity contribution in [2.24, 2.45) is 0 Å². The maximum absolute atomic E-state index is 11.8. The van der Waals surface area contributed by atoms with E-state index in [1.54, 1.807) is 24.3 Å². The highest BCUT2D eigenvalue weighted by atomic mass is 16.4. The first-order valence-corrected chi connectivity index (χ1v) is 6.60. The highest BCUT2D eigenvalue weighted by Crippen LogP contribution is 2.10. The first kappa shape index (κ1) is 16.7. The third-order valence-corrected chi connectivity index (χ3v) is 2.60. The quantitative estimate of drug-likeness (QED) is 0.699. The summed E-state index contributed by atoms with van der Waals surface area (Å²) in [5.74, 6) is -0.994.